The van der Waals surface area contributed by atoms with Crippen molar-refractivity contribution in [2.75, 3.05) is 18.6 Å². The van der Waals surface area contributed by atoms with Crippen LogP contribution in [0.5, 0.6) is 5.75 Å². The van der Waals surface area contributed by atoms with Crippen LogP contribution in [0.1, 0.15) is 40.0 Å². The second kappa shape index (κ2) is 8.06. The van der Waals surface area contributed by atoms with Gasteiger partial charge in [-0.1, -0.05) is 30.3 Å². The van der Waals surface area contributed by atoms with Gasteiger partial charge < -0.3 is 10.1 Å². The maximum Gasteiger partial charge on any atom is 0.252 e. The van der Waals surface area contributed by atoms with Gasteiger partial charge in [0.1, 0.15) is 5.75 Å². The summed E-state index contributed by atoms with van der Waals surface area (Å²) in [6, 6.07) is 15.1. The van der Waals surface area contributed by atoms with E-state index in [4.69, 9.17) is 9.72 Å². The number of sulfone groups is 1. The van der Waals surface area contributed by atoms with E-state index in [0.717, 1.165) is 51.9 Å². The van der Waals surface area contributed by atoms with Crippen LogP contribution in [0.2, 0.25) is 0 Å². The lowest BCUT2D eigenvalue weighted by atomic mass is 9.99. The number of methoxy groups -OCH3 is 1. The van der Waals surface area contributed by atoms with Crippen molar-refractivity contribution >= 4 is 38.3 Å². The van der Waals surface area contributed by atoms with Crippen molar-refractivity contribution in [3.05, 3.63) is 70.9 Å². The molecule has 1 amide bonds. The molecule has 1 unspecified atom stereocenters. The van der Waals surface area contributed by atoms with E-state index in [1.807, 2.05) is 48.5 Å². The first-order chi connectivity index (χ1) is 15.4. The van der Waals surface area contributed by atoms with Gasteiger partial charge in [0.25, 0.3) is 5.91 Å². The maximum atomic E-state index is 13.4. The molecule has 1 N–H and O–H groups in total. The predicted octanol–water partition coefficient (Wildman–Crippen LogP) is 3.65. The third-order valence-corrected chi connectivity index (χ3v) is 7.96. The molecular weight excluding hydrogens is 424 g/mol. The number of amides is 1. The van der Waals surface area contributed by atoms with Crippen molar-refractivity contribution < 1.29 is 17.9 Å². The van der Waals surface area contributed by atoms with Gasteiger partial charge in [-0.15, -0.1) is 0 Å². The summed E-state index contributed by atoms with van der Waals surface area (Å²) in [5.74, 6) is 0.720. The fourth-order valence-electron chi connectivity index (χ4n) is 4.61. The van der Waals surface area contributed by atoms with Gasteiger partial charge in [-0.25, -0.2) is 13.4 Å². The van der Waals surface area contributed by atoms with E-state index < -0.39 is 9.84 Å². The van der Waals surface area contributed by atoms with Crippen LogP contribution < -0.4 is 10.1 Å². The van der Waals surface area contributed by atoms with E-state index in [9.17, 15) is 13.2 Å². The van der Waals surface area contributed by atoms with E-state index in [0.29, 0.717) is 12.0 Å². The van der Waals surface area contributed by atoms with Crippen LogP contribution in [0.25, 0.3) is 22.6 Å². The number of benzene rings is 2. The highest BCUT2D eigenvalue weighted by Gasteiger charge is 2.32. The van der Waals surface area contributed by atoms with Gasteiger partial charge in [-0.3, -0.25) is 4.79 Å². The lowest BCUT2D eigenvalue weighted by molar-refractivity contribution is 0.0942. The Bertz CT molecular complexity index is 1340. The van der Waals surface area contributed by atoms with Crippen molar-refractivity contribution in [2.24, 2.45) is 0 Å². The number of nitrogens with zero attached hydrogens (tertiary/aromatic N) is 1. The molecule has 164 valence electrons. The van der Waals surface area contributed by atoms with Gasteiger partial charge >= 0.3 is 0 Å². The monoisotopic (exact) mass is 448 g/mol. The minimum absolute atomic E-state index is 0.00652. The van der Waals surface area contributed by atoms with Gasteiger partial charge in [0.05, 0.1) is 35.4 Å². The molecule has 32 heavy (non-hydrogen) atoms. The third kappa shape index (κ3) is 3.88. The fourth-order valence-corrected chi connectivity index (χ4v) is 6.28. The molecule has 2 heterocycles. The van der Waals surface area contributed by atoms with Crippen LogP contribution in [0, 0.1) is 0 Å². The van der Waals surface area contributed by atoms with Crippen LogP contribution in [-0.4, -0.2) is 44.0 Å². The summed E-state index contributed by atoms with van der Waals surface area (Å²) in [6.07, 6.45) is 4.09. The molecule has 5 rings (SSSR count). The summed E-state index contributed by atoms with van der Waals surface area (Å²) < 4.78 is 28.9. The zero-order chi connectivity index (χ0) is 22.3. The Balaban J connectivity index is 1.55. The standard InChI is InChI=1S/C25H24N2O4S/c1-31-19-9-6-16(7-10-19)14-17-8-11-21-23(20-4-2-3-5-22(20)27-24(17)21)25(28)26-18-12-13-32(29,30)15-18/h2-7,9-10,14,18H,8,11-13,15H2,1H3,(H,26,28)/b17-14-. The Kier molecular flexibility index (Phi) is 5.21. The number of fused-ring (bicyclic) bond motifs is 2. The zero-order valence-corrected chi connectivity index (χ0v) is 18.6. The van der Waals surface area contributed by atoms with Gasteiger partial charge in [0.15, 0.2) is 9.84 Å². The second-order valence-corrected chi connectivity index (χ2v) is 10.6. The lowest BCUT2D eigenvalue weighted by Gasteiger charge is -2.15. The molecule has 2 aromatic carbocycles. The highest BCUT2D eigenvalue weighted by atomic mass is 32.2. The first kappa shape index (κ1) is 20.7. The van der Waals surface area contributed by atoms with E-state index in [2.05, 4.69) is 11.4 Å². The van der Waals surface area contributed by atoms with Crippen molar-refractivity contribution in [3.8, 4) is 5.75 Å². The molecule has 1 fully saturated rings. The Hall–Kier alpha value is -3.19. The Labute approximate surface area is 187 Å². The quantitative estimate of drug-likeness (QED) is 0.659. The number of ether oxygens (including phenoxy) is 1. The Morgan fingerprint density at radius 1 is 1.12 bits per heavy atom. The van der Waals surface area contributed by atoms with Crippen LogP contribution in [0.4, 0.5) is 0 Å². The van der Waals surface area contributed by atoms with Crippen LogP contribution in [0.3, 0.4) is 0 Å². The molecule has 1 aromatic heterocycles. The summed E-state index contributed by atoms with van der Waals surface area (Å²) in [4.78, 5) is 18.2. The largest absolute Gasteiger partial charge is 0.497 e. The molecule has 1 atom stereocenters. The molecule has 7 heteroatoms. The first-order valence-corrected chi connectivity index (χ1v) is 12.5. The summed E-state index contributed by atoms with van der Waals surface area (Å²) in [5.41, 5.74) is 5.30. The number of allylic oxidation sites excluding steroid dienone is 1. The minimum Gasteiger partial charge on any atom is -0.497 e. The van der Waals surface area contributed by atoms with E-state index in [-0.39, 0.29) is 23.5 Å². The maximum absolute atomic E-state index is 13.4. The Morgan fingerprint density at radius 2 is 1.91 bits per heavy atom. The number of aromatic nitrogens is 1. The van der Waals surface area contributed by atoms with Crippen LogP contribution >= 0.6 is 0 Å². The third-order valence-electron chi connectivity index (χ3n) is 6.19. The van der Waals surface area contributed by atoms with E-state index in [1.165, 1.54) is 0 Å². The van der Waals surface area contributed by atoms with Crippen molar-refractivity contribution in [1.29, 1.82) is 0 Å². The molecule has 0 saturated carbocycles. The molecule has 1 aliphatic heterocycles. The normalized spacial score (nSPS) is 20.4. The van der Waals surface area contributed by atoms with Crippen molar-refractivity contribution in [1.82, 2.24) is 10.3 Å². The predicted molar refractivity (Wildman–Crippen MR) is 125 cm³/mol. The molecule has 1 saturated heterocycles. The number of nitrogens with one attached hydrogen (secondary N) is 1. The molecule has 1 aliphatic carbocycles. The van der Waals surface area contributed by atoms with Gasteiger partial charge in [0.2, 0.25) is 0 Å². The molecule has 3 aromatic rings. The summed E-state index contributed by atoms with van der Waals surface area (Å²) in [6.45, 7) is 0. The van der Waals surface area contributed by atoms with Crippen molar-refractivity contribution in [2.45, 2.75) is 25.3 Å². The molecule has 2 aliphatic rings. The van der Waals surface area contributed by atoms with Crippen LogP contribution in [-0.2, 0) is 16.3 Å². The highest BCUT2D eigenvalue weighted by molar-refractivity contribution is 7.91. The number of carbonyl (C=O) groups excluding carboxylic acids is 1. The van der Waals surface area contributed by atoms with Crippen molar-refractivity contribution in [3.63, 3.8) is 0 Å². The number of rotatable bonds is 4. The average Bonchev–Trinajstić information content (AvgIpc) is 3.34. The number of hydrogen-bond acceptors (Lipinski definition) is 5. The van der Waals surface area contributed by atoms with Gasteiger partial charge in [-0.2, -0.15) is 0 Å². The smallest absolute Gasteiger partial charge is 0.252 e. The highest BCUT2D eigenvalue weighted by Crippen LogP contribution is 2.37. The molecule has 0 radical (unpaired) electrons. The molecule has 0 bridgehead atoms. The fraction of sp³-hybridized carbons (Fsp3) is 0.280. The van der Waals surface area contributed by atoms with Gasteiger partial charge in [-0.05, 0) is 60.2 Å². The van der Waals surface area contributed by atoms with E-state index >= 15 is 0 Å². The summed E-state index contributed by atoms with van der Waals surface area (Å²) in [5, 5.41) is 3.77. The molecular formula is C25H24N2O4S. The minimum atomic E-state index is -3.07. The van der Waals surface area contributed by atoms with E-state index in [1.54, 1.807) is 7.11 Å². The average molecular weight is 449 g/mol. The summed E-state index contributed by atoms with van der Waals surface area (Å²) in [7, 11) is -1.43. The molecule has 6 nitrogen and oxygen atoms in total. The number of para-hydroxylation sites is 1. The number of hydrogen-bond donors (Lipinski definition) is 1. The number of carbonyl (C=O) groups is 1. The second-order valence-electron chi connectivity index (χ2n) is 8.35. The van der Waals surface area contributed by atoms with Crippen LogP contribution in [0.15, 0.2) is 48.5 Å². The lowest BCUT2D eigenvalue weighted by Crippen LogP contribution is -2.36. The molecule has 0 spiro atoms. The topological polar surface area (TPSA) is 85.4 Å². The zero-order valence-electron chi connectivity index (χ0n) is 17.8. The SMILES string of the molecule is COc1ccc(/C=C2/CCc3c2nc2ccccc2c3C(=O)NC2CCS(=O)(=O)C2)cc1. The summed E-state index contributed by atoms with van der Waals surface area (Å²) >= 11 is 0. The number of pyridine rings is 1. The van der Waals surface area contributed by atoms with Gasteiger partial charge in [0, 0.05) is 11.4 Å². The Morgan fingerprint density at radius 3 is 2.62 bits per heavy atom. The first-order valence-electron chi connectivity index (χ1n) is 10.7.